The van der Waals surface area contributed by atoms with E-state index in [-0.39, 0.29) is 22.7 Å². The lowest BCUT2D eigenvalue weighted by atomic mass is 9.37. The third-order valence-corrected chi connectivity index (χ3v) is 6.13. The molecule has 5 rings (SSSR count). The van der Waals surface area contributed by atoms with E-state index >= 15 is 0 Å². The van der Waals surface area contributed by atoms with Crippen LogP contribution in [0.25, 0.3) is 0 Å². The van der Waals surface area contributed by atoms with Gasteiger partial charge in [-0.15, -0.1) is 0 Å². The number of carbonyl (C=O) groups is 1. The average Bonchev–Trinajstić information content (AvgIpc) is 2.52. The van der Waals surface area contributed by atoms with Crippen LogP contribution >= 0.6 is 15.9 Å². The highest BCUT2D eigenvalue weighted by molar-refractivity contribution is 9.10. The van der Waals surface area contributed by atoms with Gasteiger partial charge in [-0.3, -0.25) is 4.79 Å². The minimum atomic E-state index is -1.02. The molecule has 0 unspecified atom stereocenters. The SMILES string of the molecule is CC(C)(Oc1ccc(F)cc1)C(=O)NC12CC(c3ccc(Br)cc3)(C1)C2. The summed E-state index contributed by atoms with van der Waals surface area (Å²) in [5, 5.41) is 3.19. The quantitative estimate of drug-likeness (QED) is 0.762. The van der Waals surface area contributed by atoms with E-state index in [9.17, 15) is 9.18 Å². The minimum Gasteiger partial charge on any atom is -0.478 e. The van der Waals surface area contributed by atoms with Crippen molar-refractivity contribution >= 4 is 21.8 Å². The summed E-state index contributed by atoms with van der Waals surface area (Å²) < 4.78 is 19.9. The van der Waals surface area contributed by atoms with Gasteiger partial charge in [0.15, 0.2) is 5.60 Å². The molecule has 5 heteroatoms. The molecular formula is C21H21BrFNO2. The Morgan fingerprint density at radius 1 is 1.08 bits per heavy atom. The first-order chi connectivity index (χ1) is 12.2. The molecule has 3 aliphatic rings. The molecule has 3 aliphatic carbocycles. The molecule has 2 bridgehead atoms. The largest absolute Gasteiger partial charge is 0.478 e. The molecule has 1 N–H and O–H groups in total. The average molecular weight is 418 g/mol. The number of amides is 1. The molecule has 0 aliphatic heterocycles. The standard InChI is InChI=1S/C21H21BrFNO2/c1-19(2,26-17-9-7-16(23)8-10-17)18(25)24-21-11-20(12-21,13-21)14-3-5-15(22)6-4-14/h3-10H,11-13H2,1-2H3,(H,24,25). The van der Waals surface area contributed by atoms with Gasteiger partial charge in [0.25, 0.3) is 5.91 Å². The second-order valence-corrected chi connectivity index (χ2v) is 9.03. The van der Waals surface area contributed by atoms with E-state index in [1.54, 1.807) is 13.8 Å². The first-order valence-corrected chi connectivity index (χ1v) is 9.55. The van der Waals surface area contributed by atoms with Crippen LogP contribution < -0.4 is 10.1 Å². The molecule has 3 fully saturated rings. The van der Waals surface area contributed by atoms with Crippen molar-refractivity contribution in [2.45, 2.75) is 49.7 Å². The van der Waals surface area contributed by atoms with E-state index in [1.165, 1.54) is 29.8 Å². The van der Waals surface area contributed by atoms with Crippen LogP contribution in [0.1, 0.15) is 38.7 Å². The van der Waals surface area contributed by atoms with Crippen LogP contribution in [0.15, 0.2) is 53.0 Å². The lowest BCUT2D eigenvalue weighted by molar-refractivity contribution is -0.150. The summed E-state index contributed by atoms with van der Waals surface area (Å²) >= 11 is 3.47. The third-order valence-electron chi connectivity index (χ3n) is 5.60. The molecule has 2 aromatic rings. The van der Waals surface area contributed by atoms with Gasteiger partial charge in [-0.05, 0) is 75.1 Å². The van der Waals surface area contributed by atoms with Crippen LogP contribution in [0, 0.1) is 5.82 Å². The summed E-state index contributed by atoms with van der Waals surface area (Å²) in [4.78, 5) is 12.7. The van der Waals surface area contributed by atoms with Gasteiger partial charge in [0.1, 0.15) is 11.6 Å². The van der Waals surface area contributed by atoms with Gasteiger partial charge in [-0.25, -0.2) is 4.39 Å². The summed E-state index contributed by atoms with van der Waals surface area (Å²) in [6, 6.07) is 14.2. The van der Waals surface area contributed by atoms with Crippen LogP contribution in [-0.2, 0) is 10.2 Å². The number of rotatable bonds is 5. The Labute approximate surface area is 161 Å². The van der Waals surface area contributed by atoms with Crippen LogP contribution in [0.2, 0.25) is 0 Å². The zero-order chi connectivity index (χ0) is 18.6. The highest BCUT2D eigenvalue weighted by Crippen LogP contribution is 2.67. The fourth-order valence-corrected chi connectivity index (χ4v) is 4.53. The predicted octanol–water partition coefficient (Wildman–Crippen LogP) is 4.74. The molecule has 0 spiro atoms. The normalized spacial score (nSPS) is 26.5. The molecule has 0 saturated heterocycles. The summed E-state index contributed by atoms with van der Waals surface area (Å²) in [5.74, 6) is 0.0214. The second-order valence-electron chi connectivity index (χ2n) is 8.12. The van der Waals surface area contributed by atoms with E-state index in [0.29, 0.717) is 5.75 Å². The number of halogens is 2. The molecule has 0 radical (unpaired) electrons. The molecule has 2 aromatic carbocycles. The number of ether oxygens (including phenoxy) is 1. The third kappa shape index (κ3) is 2.92. The summed E-state index contributed by atoms with van der Waals surface area (Å²) in [6.45, 7) is 3.48. The first-order valence-electron chi connectivity index (χ1n) is 8.75. The predicted molar refractivity (Wildman–Crippen MR) is 102 cm³/mol. The van der Waals surface area contributed by atoms with Gasteiger partial charge in [0, 0.05) is 15.4 Å². The van der Waals surface area contributed by atoms with Crippen molar-refractivity contribution in [3.63, 3.8) is 0 Å². The smallest absolute Gasteiger partial charge is 0.264 e. The lowest BCUT2D eigenvalue weighted by Gasteiger charge is -2.71. The summed E-state index contributed by atoms with van der Waals surface area (Å²) in [7, 11) is 0. The van der Waals surface area contributed by atoms with Crippen molar-refractivity contribution in [2.24, 2.45) is 0 Å². The van der Waals surface area contributed by atoms with Gasteiger partial charge >= 0.3 is 0 Å². The van der Waals surface area contributed by atoms with Gasteiger partial charge in [-0.1, -0.05) is 28.1 Å². The van der Waals surface area contributed by atoms with E-state index in [1.807, 2.05) is 0 Å². The molecule has 1 amide bonds. The Morgan fingerprint density at radius 2 is 1.65 bits per heavy atom. The van der Waals surface area contributed by atoms with Gasteiger partial charge in [-0.2, -0.15) is 0 Å². The van der Waals surface area contributed by atoms with E-state index in [0.717, 1.165) is 23.7 Å². The fraction of sp³-hybridized carbons (Fsp3) is 0.381. The Morgan fingerprint density at radius 3 is 2.23 bits per heavy atom. The number of hydrogen-bond donors (Lipinski definition) is 1. The fourth-order valence-electron chi connectivity index (χ4n) is 4.27. The monoisotopic (exact) mass is 417 g/mol. The maximum absolute atomic E-state index is 13.0. The molecule has 0 heterocycles. The maximum atomic E-state index is 13.0. The zero-order valence-electron chi connectivity index (χ0n) is 14.8. The van der Waals surface area contributed by atoms with Crippen molar-refractivity contribution in [1.82, 2.24) is 5.32 Å². The first kappa shape index (κ1) is 17.5. The minimum absolute atomic E-state index is 0.104. The zero-order valence-corrected chi connectivity index (χ0v) is 16.4. The number of carbonyl (C=O) groups excluding carboxylic acids is 1. The molecule has 26 heavy (non-hydrogen) atoms. The molecule has 0 atom stereocenters. The maximum Gasteiger partial charge on any atom is 0.264 e. The number of benzene rings is 2. The van der Waals surface area contributed by atoms with Crippen molar-refractivity contribution < 1.29 is 13.9 Å². The van der Waals surface area contributed by atoms with Crippen LogP contribution in [0.5, 0.6) is 5.75 Å². The van der Waals surface area contributed by atoms with Crippen molar-refractivity contribution in [3.05, 3.63) is 64.4 Å². The van der Waals surface area contributed by atoms with Crippen LogP contribution in [0.4, 0.5) is 4.39 Å². The molecule has 3 saturated carbocycles. The lowest BCUT2D eigenvalue weighted by Crippen LogP contribution is -2.78. The second kappa shape index (κ2) is 5.81. The highest BCUT2D eigenvalue weighted by Gasteiger charge is 2.69. The Bertz CT molecular complexity index is 826. The molecule has 136 valence electrons. The topological polar surface area (TPSA) is 38.3 Å². The van der Waals surface area contributed by atoms with E-state index in [4.69, 9.17) is 4.74 Å². The van der Waals surface area contributed by atoms with E-state index < -0.39 is 5.60 Å². The van der Waals surface area contributed by atoms with Crippen LogP contribution in [-0.4, -0.2) is 17.0 Å². The number of nitrogens with one attached hydrogen (secondary N) is 1. The molecule has 3 nitrogen and oxygen atoms in total. The van der Waals surface area contributed by atoms with Gasteiger partial charge in [0.2, 0.25) is 0 Å². The molecular weight excluding hydrogens is 397 g/mol. The van der Waals surface area contributed by atoms with Crippen LogP contribution in [0.3, 0.4) is 0 Å². The van der Waals surface area contributed by atoms with Crippen molar-refractivity contribution in [3.8, 4) is 5.75 Å². The summed E-state index contributed by atoms with van der Waals surface area (Å²) in [5.41, 5.74) is 0.445. The summed E-state index contributed by atoms with van der Waals surface area (Å²) in [6.07, 6.45) is 2.92. The Kier molecular flexibility index (Phi) is 3.92. The highest BCUT2D eigenvalue weighted by atomic mass is 79.9. The van der Waals surface area contributed by atoms with Crippen molar-refractivity contribution in [2.75, 3.05) is 0 Å². The molecule has 0 aromatic heterocycles. The number of hydrogen-bond acceptors (Lipinski definition) is 2. The van der Waals surface area contributed by atoms with Crippen molar-refractivity contribution in [1.29, 1.82) is 0 Å². The van der Waals surface area contributed by atoms with Gasteiger partial charge in [0.05, 0.1) is 0 Å². The Hall–Kier alpha value is -1.88. The van der Waals surface area contributed by atoms with E-state index in [2.05, 4.69) is 45.5 Å². The Balaban J connectivity index is 1.37. The van der Waals surface area contributed by atoms with Gasteiger partial charge < -0.3 is 10.1 Å².